The molecule has 0 aliphatic rings. The molecule has 69 valence electrons. The van der Waals surface area contributed by atoms with Gasteiger partial charge in [0.15, 0.2) is 0 Å². The first-order valence-electron chi connectivity index (χ1n) is 4.28. The van der Waals surface area contributed by atoms with Crippen LogP contribution in [0, 0.1) is 7.05 Å². The molecule has 0 aliphatic carbocycles. The number of hydrogen-bond donors (Lipinski definition) is 1. The lowest BCUT2D eigenvalue weighted by molar-refractivity contribution is -0.120. The summed E-state index contributed by atoms with van der Waals surface area (Å²) in [7, 11) is 3.30. The fourth-order valence-electron chi connectivity index (χ4n) is 1.09. The monoisotopic (exact) mass is 177 g/mol. The van der Waals surface area contributed by atoms with E-state index in [0.717, 1.165) is 12.8 Å². The topological polar surface area (TPSA) is 42.0 Å². The van der Waals surface area contributed by atoms with Crippen molar-refractivity contribution in [3.63, 3.8) is 0 Å². The smallest absolute Gasteiger partial charge is 0.220 e. The van der Waals surface area contributed by atoms with Gasteiger partial charge in [-0.05, 0) is 30.5 Å². The molecule has 1 radical (unpaired) electrons. The number of amides is 1. The highest BCUT2D eigenvalue weighted by Gasteiger charge is 1.97. The van der Waals surface area contributed by atoms with Crippen molar-refractivity contribution in [2.24, 2.45) is 0 Å². The first-order chi connectivity index (χ1) is 6.33. The summed E-state index contributed by atoms with van der Waals surface area (Å²) in [6.45, 7) is 0. The maximum Gasteiger partial charge on any atom is 0.220 e. The van der Waals surface area contributed by atoms with Gasteiger partial charge in [-0.3, -0.25) is 9.78 Å². The van der Waals surface area contributed by atoms with Crippen LogP contribution >= 0.6 is 0 Å². The van der Waals surface area contributed by atoms with E-state index in [2.05, 4.69) is 17.3 Å². The number of pyridine rings is 1. The fourth-order valence-corrected chi connectivity index (χ4v) is 1.09. The van der Waals surface area contributed by atoms with Gasteiger partial charge in [0.25, 0.3) is 0 Å². The SMILES string of the molecule is [CH2]NC(=O)CCCc1ccncc1. The van der Waals surface area contributed by atoms with E-state index in [1.165, 1.54) is 5.56 Å². The van der Waals surface area contributed by atoms with Crippen LogP contribution in [0.25, 0.3) is 0 Å². The molecule has 1 aromatic heterocycles. The summed E-state index contributed by atoms with van der Waals surface area (Å²) in [6, 6.07) is 3.92. The Balaban J connectivity index is 2.24. The Bertz CT molecular complexity index is 259. The molecule has 1 amide bonds. The molecule has 1 rings (SSSR count). The van der Waals surface area contributed by atoms with E-state index in [0.29, 0.717) is 6.42 Å². The molecule has 13 heavy (non-hydrogen) atoms. The minimum Gasteiger partial charge on any atom is -0.354 e. The predicted molar refractivity (Wildman–Crippen MR) is 50.7 cm³/mol. The van der Waals surface area contributed by atoms with Crippen LogP contribution in [0.2, 0.25) is 0 Å². The summed E-state index contributed by atoms with van der Waals surface area (Å²) in [5.41, 5.74) is 1.21. The zero-order valence-electron chi connectivity index (χ0n) is 7.49. The molecule has 0 saturated carbocycles. The Morgan fingerprint density at radius 3 is 2.77 bits per heavy atom. The standard InChI is InChI=1S/C10H13N2O/c1-11-10(13)4-2-3-9-5-7-12-8-6-9/h5-8H,1-4H2,(H,11,13). The Morgan fingerprint density at radius 1 is 1.46 bits per heavy atom. The van der Waals surface area contributed by atoms with E-state index in [9.17, 15) is 4.79 Å². The Labute approximate surface area is 78.2 Å². The Kier molecular flexibility index (Phi) is 3.96. The van der Waals surface area contributed by atoms with Gasteiger partial charge in [-0.2, -0.15) is 0 Å². The highest BCUT2D eigenvalue weighted by Crippen LogP contribution is 2.02. The lowest BCUT2D eigenvalue weighted by atomic mass is 10.1. The van der Waals surface area contributed by atoms with Crippen molar-refractivity contribution in [1.29, 1.82) is 0 Å². The highest BCUT2D eigenvalue weighted by molar-refractivity contribution is 5.75. The molecule has 1 aromatic rings. The molecule has 1 heterocycles. The highest BCUT2D eigenvalue weighted by atomic mass is 16.1. The van der Waals surface area contributed by atoms with E-state index in [1.54, 1.807) is 12.4 Å². The lowest BCUT2D eigenvalue weighted by Gasteiger charge is -1.99. The molecule has 3 heteroatoms. The second kappa shape index (κ2) is 5.30. The van der Waals surface area contributed by atoms with Crippen LogP contribution in [0.5, 0.6) is 0 Å². The van der Waals surface area contributed by atoms with Crippen LogP contribution in [-0.4, -0.2) is 10.9 Å². The first-order valence-corrected chi connectivity index (χ1v) is 4.28. The molecular weight excluding hydrogens is 164 g/mol. The number of carbonyl (C=O) groups is 1. The van der Waals surface area contributed by atoms with E-state index in [-0.39, 0.29) is 5.91 Å². The van der Waals surface area contributed by atoms with E-state index in [1.807, 2.05) is 12.1 Å². The fraction of sp³-hybridized carbons (Fsp3) is 0.300. The third kappa shape index (κ3) is 3.69. The number of rotatable bonds is 4. The molecular formula is C10H13N2O. The van der Waals surface area contributed by atoms with Crippen LogP contribution in [0.4, 0.5) is 0 Å². The van der Waals surface area contributed by atoms with Gasteiger partial charge >= 0.3 is 0 Å². The number of carbonyl (C=O) groups excluding carboxylic acids is 1. The van der Waals surface area contributed by atoms with Crippen molar-refractivity contribution < 1.29 is 4.79 Å². The van der Waals surface area contributed by atoms with Gasteiger partial charge in [0.2, 0.25) is 5.91 Å². The number of hydrogen-bond acceptors (Lipinski definition) is 2. The van der Waals surface area contributed by atoms with Gasteiger partial charge in [0.1, 0.15) is 0 Å². The quantitative estimate of drug-likeness (QED) is 0.753. The molecule has 0 aliphatic heterocycles. The number of nitrogens with one attached hydrogen (secondary N) is 1. The van der Waals surface area contributed by atoms with Gasteiger partial charge in [-0.15, -0.1) is 0 Å². The minimum atomic E-state index is -0.00550. The molecule has 0 atom stereocenters. The van der Waals surface area contributed by atoms with Gasteiger partial charge in [-0.1, -0.05) is 0 Å². The summed E-state index contributed by atoms with van der Waals surface area (Å²) < 4.78 is 0. The summed E-state index contributed by atoms with van der Waals surface area (Å²) >= 11 is 0. The van der Waals surface area contributed by atoms with Crippen molar-refractivity contribution in [3.05, 3.63) is 37.1 Å². The average molecular weight is 177 g/mol. The van der Waals surface area contributed by atoms with Crippen molar-refractivity contribution in [2.45, 2.75) is 19.3 Å². The Hall–Kier alpha value is -1.38. The summed E-state index contributed by atoms with van der Waals surface area (Å²) in [6.07, 6.45) is 5.82. The van der Waals surface area contributed by atoms with Gasteiger partial charge < -0.3 is 5.32 Å². The number of aryl methyl sites for hydroxylation is 1. The second-order valence-electron chi connectivity index (χ2n) is 2.81. The zero-order chi connectivity index (χ0) is 9.52. The maximum absolute atomic E-state index is 10.8. The van der Waals surface area contributed by atoms with E-state index < -0.39 is 0 Å². The van der Waals surface area contributed by atoms with Gasteiger partial charge in [-0.25, -0.2) is 0 Å². The summed E-state index contributed by atoms with van der Waals surface area (Å²) in [4.78, 5) is 14.7. The van der Waals surface area contributed by atoms with Crippen molar-refractivity contribution >= 4 is 5.91 Å². The van der Waals surface area contributed by atoms with Gasteiger partial charge in [0.05, 0.1) is 0 Å². The third-order valence-corrected chi connectivity index (χ3v) is 1.82. The first kappa shape index (κ1) is 9.71. The molecule has 3 nitrogen and oxygen atoms in total. The molecule has 1 N–H and O–H groups in total. The van der Waals surface area contributed by atoms with E-state index in [4.69, 9.17) is 0 Å². The summed E-state index contributed by atoms with van der Waals surface area (Å²) in [5.74, 6) is -0.00550. The van der Waals surface area contributed by atoms with Crippen LogP contribution in [-0.2, 0) is 11.2 Å². The minimum absolute atomic E-state index is 0.00550. The van der Waals surface area contributed by atoms with E-state index >= 15 is 0 Å². The normalized spacial score (nSPS) is 9.62. The largest absolute Gasteiger partial charge is 0.354 e. The molecule has 0 saturated heterocycles. The molecule has 0 aromatic carbocycles. The molecule has 0 fully saturated rings. The van der Waals surface area contributed by atoms with Crippen LogP contribution in [0.3, 0.4) is 0 Å². The van der Waals surface area contributed by atoms with Crippen LogP contribution < -0.4 is 5.32 Å². The van der Waals surface area contributed by atoms with Crippen molar-refractivity contribution in [1.82, 2.24) is 10.3 Å². The lowest BCUT2D eigenvalue weighted by Crippen LogP contribution is -2.14. The van der Waals surface area contributed by atoms with Crippen LogP contribution in [0.15, 0.2) is 24.5 Å². The summed E-state index contributed by atoms with van der Waals surface area (Å²) in [5, 5.41) is 2.35. The van der Waals surface area contributed by atoms with Gasteiger partial charge in [0, 0.05) is 25.9 Å². The molecule has 0 unspecified atom stereocenters. The second-order valence-corrected chi connectivity index (χ2v) is 2.81. The van der Waals surface area contributed by atoms with Crippen LogP contribution in [0.1, 0.15) is 18.4 Å². The predicted octanol–water partition coefficient (Wildman–Crippen LogP) is 1.31. The molecule has 0 spiro atoms. The number of nitrogens with zero attached hydrogens (tertiary/aromatic N) is 1. The zero-order valence-corrected chi connectivity index (χ0v) is 7.49. The van der Waals surface area contributed by atoms with Crippen molar-refractivity contribution in [3.8, 4) is 0 Å². The maximum atomic E-state index is 10.8. The Morgan fingerprint density at radius 2 is 2.15 bits per heavy atom. The third-order valence-electron chi connectivity index (χ3n) is 1.82. The average Bonchev–Trinajstić information content (AvgIpc) is 2.19. The van der Waals surface area contributed by atoms with Crippen molar-refractivity contribution in [2.75, 3.05) is 0 Å². The number of aromatic nitrogens is 1. The molecule has 0 bridgehead atoms.